The van der Waals surface area contributed by atoms with Gasteiger partial charge in [-0.3, -0.25) is 4.79 Å². The fourth-order valence-corrected chi connectivity index (χ4v) is 2.24. The van der Waals surface area contributed by atoms with Crippen molar-refractivity contribution in [1.82, 2.24) is 0 Å². The SMILES string of the molecule is CCc1cccc(NC=CC(=O)c2ccc3c(c2)OCO3)c1. The second kappa shape index (κ2) is 6.35. The van der Waals surface area contributed by atoms with E-state index in [0.717, 1.165) is 12.1 Å². The molecule has 112 valence electrons. The molecule has 0 saturated carbocycles. The average molecular weight is 295 g/mol. The molecule has 0 bridgehead atoms. The second-order valence-corrected chi connectivity index (χ2v) is 4.96. The Bertz CT molecular complexity index is 722. The molecule has 0 atom stereocenters. The van der Waals surface area contributed by atoms with Crippen LogP contribution in [0.25, 0.3) is 0 Å². The van der Waals surface area contributed by atoms with Crippen LogP contribution in [0.2, 0.25) is 0 Å². The molecule has 0 radical (unpaired) electrons. The standard InChI is InChI=1S/C18H17NO3/c1-2-13-4-3-5-15(10-13)19-9-8-16(20)14-6-7-17-18(11-14)22-12-21-17/h3-11,19H,2,12H2,1H3. The monoisotopic (exact) mass is 295 g/mol. The van der Waals surface area contributed by atoms with Crippen LogP contribution in [-0.2, 0) is 6.42 Å². The van der Waals surface area contributed by atoms with Crippen molar-refractivity contribution in [1.29, 1.82) is 0 Å². The number of carbonyl (C=O) groups excluding carboxylic acids is 1. The quantitative estimate of drug-likeness (QED) is 0.673. The van der Waals surface area contributed by atoms with E-state index in [-0.39, 0.29) is 12.6 Å². The first-order chi connectivity index (χ1) is 10.8. The minimum absolute atomic E-state index is 0.0857. The zero-order valence-corrected chi connectivity index (χ0v) is 12.3. The maximum Gasteiger partial charge on any atom is 0.231 e. The topological polar surface area (TPSA) is 47.6 Å². The van der Waals surface area contributed by atoms with Gasteiger partial charge in [0.25, 0.3) is 0 Å². The zero-order valence-electron chi connectivity index (χ0n) is 12.3. The molecule has 0 amide bonds. The third kappa shape index (κ3) is 3.11. The summed E-state index contributed by atoms with van der Waals surface area (Å²) in [5, 5.41) is 3.12. The van der Waals surface area contributed by atoms with Gasteiger partial charge in [-0.1, -0.05) is 19.1 Å². The van der Waals surface area contributed by atoms with E-state index in [1.165, 1.54) is 11.6 Å². The van der Waals surface area contributed by atoms with Crippen LogP contribution in [0.4, 0.5) is 5.69 Å². The first kappa shape index (κ1) is 14.2. The second-order valence-electron chi connectivity index (χ2n) is 4.96. The Morgan fingerprint density at radius 2 is 2.05 bits per heavy atom. The molecule has 2 aromatic carbocycles. The van der Waals surface area contributed by atoms with Gasteiger partial charge in [0.2, 0.25) is 6.79 Å². The molecule has 4 nitrogen and oxygen atoms in total. The number of benzene rings is 2. The van der Waals surface area contributed by atoms with Gasteiger partial charge in [0.1, 0.15) is 0 Å². The number of nitrogens with one attached hydrogen (secondary N) is 1. The van der Waals surface area contributed by atoms with Gasteiger partial charge in [-0.05, 0) is 42.3 Å². The largest absolute Gasteiger partial charge is 0.454 e. The van der Waals surface area contributed by atoms with Crippen LogP contribution in [0.15, 0.2) is 54.7 Å². The Kier molecular flexibility index (Phi) is 4.10. The predicted octanol–water partition coefficient (Wildman–Crippen LogP) is 3.79. The van der Waals surface area contributed by atoms with E-state index in [0.29, 0.717) is 17.1 Å². The van der Waals surface area contributed by atoms with Crippen LogP contribution in [0.3, 0.4) is 0 Å². The van der Waals surface area contributed by atoms with Gasteiger partial charge in [-0.25, -0.2) is 0 Å². The van der Waals surface area contributed by atoms with Crippen molar-refractivity contribution >= 4 is 11.5 Å². The van der Waals surface area contributed by atoms with E-state index < -0.39 is 0 Å². The Balaban J connectivity index is 1.66. The van der Waals surface area contributed by atoms with Crippen LogP contribution in [0.1, 0.15) is 22.8 Å². The van der Waals surface area contributed by atoms with E-state index in [1.54, 1.807) is 24.4 Å². The van der Waals surface area contributed by atoms with Gasteiger partial charge in [-0.2, -0.15) is 0 Å². The maximum atomic E-state index is 12.1. The first-order valence-electron chi connectivity index (χ1n) is 7.22. The molecule has 1 N–H and O–H groups in total. The number of ether oxygens (including phenoxy) is 2. The summed E-state index contributed by atoms with van der Waals surface area (Å²) in [6.07, 6.45) is 4.15. The summed E-state index contributed by atoms with van der Waals surface area (Å²) in [4.78, 5) is 12.1. The normalized spacial score (nSPS) is 12.6. The Morgan fingerprint density at radius 1 is 1.18 bits per heavy atom. The van der Waals surface area contributed by atoms with Crippen molar-refractivity contribution in [3.8, 4) is 11.5 Å². The maximum absolute atomic E-state index is 12.1. The third-order valence-corrected chi connectivity index (χ3v) is 3.48. The molecule has 2 aromatic rings. The molecule has 22 heavy (non-hydrogen) atoms. The molecule has 0 unspecified atom stereocenters. The van der Waals surface area contributed by atoms with Gasteiger partial charge in [0, 0.05) is 23.5 Å². The zero-order chi connectivity index (χ0) is 15.4. The number of allylic oxidation sites excluding steroid dienone is 1. The smallest absolute Gasteiger partial charge is 0.231 e. The summed E-state index contributed by atoms with van der Waals surface area (Å²) < 4.78 is 10.5. The number of carbonyl (C=O) groups is 1. The van der Waals surface area contributed by atoms with Crippen LogP contribution >= 0.6 is 0 Å². The molecular weight excluding hydrogens is 278 g/mol. The van der Waals surface area contributed by atoms with Crippen LogP contribution in [0.5, 0.6) is 11.5 Å². The minimum Gasteiger partial charge on any atom is -0.454 e. The van der Waals surface area contributed by atoms with Gasteiger partial charge in [-0.15, -0.1) is 0 Å². The molecule has 0 fully saturated rings. The molecule has 1 aliphatic rings. The van der Waals surface area contributed by atoms with E-state index in [4.69, 9.17) is 9.47 Å². The van der Waals surface area contributed by atoms with Crippen molar-refractivity contribution in [3.05, 3.63) is 65.9 Å². The molecule has 0 saturated heterocycles. The lowest BCUT2D eigenvalue weighted by atomic mass is 10.1. The Hall–Kier alpha value is -2.75. The number of hydrogen-bond donors (Lipinski definition) is 1. The Morgan fingerprint density at radius 3 is 2.91 bits per heavy atom. The van der Waals surface area contributed by atoms with Crippen molar-refractivity contribution in [2.45, 2.75) is 13.3 Å². The van der Waals surface area contributed by atoms with Crippen LogP contribution in [0, 0.1) is 0 Å². The summed E-state index contributed by atoms with van der Waals surface area (Å²) in [7, 11) is 0. The highest BCUT2D eigenvalue weighted by Gasteiger charge is 2.14. The summed E-state index contributed by atoms with van der Waals surface area (Å²) in [5.41, 5.74) is 2.79. The fraction of sp³-hybridized carbons (Fsp3) is 0.167. The van der Waals surface area contributed by atoms with Crippen molar-refractivity contribution < 1.29 is 14.3 Å². The number of ketones is 1. The highest BCUT2D eigenvalue weighted by Crippen LogP contribution is 2.32. The van der Waals surface area contributed by atoms with Gasteiger partial charge < -0.3 is 14.8 Å². The van der Waals surface area contributed by atoms with E-state index >= 15 is 0 Å². The number of fused-ring (bicyclic) bond motifs is 1. The van der Waals surface area contributed by atoms with E-state index in [1.807, 2.05) is 12.1 Å². The van der Waals surface area contributed by atoms with Crippen molar-refractivity contribution in [2.75, 3.05) is 12.1 Å². The number of aryl methyl sites for hydroxylation is 1. The molecule has 1 heterocycles. The van der Waals surface area contributed by atoms with E-state index in [2.05, 4.69) is 24.4 Å². The predicted molar refractivity (Wildman–Crippen MR) is 85.5 cm³/mol. The lowest BCUT2D eigenvalue weighted by molar-refractivity contribution is 0.104. The third-order valence-electron chi connectivity index (χ3n) is 3.48. The van der Waals surface area contributed by atoms with Gasteiger partial charge in [0.15, 0.2) is 17.3 Å². The first-order valence-corrected chi connectivity index (χ1v) is 7.22. The molecule has 0 aromatic heterocycles. The van der Waals surface area contributed by atoms with Crippen LogP contribution in [-0.4, -0.2) is 12.6 Å². The average Bonchev–Trinajstić information content (AvgIpc) is 3.02. The summed E-state index contributed by atoms with van der Waals surface area (Å²) in [6.45, 7) is 2.32. The molecule has 4 heteroatoms. The minimum atomic E-state index is -0.0857. The lowest BCUT2D eigenvalue weighted by Crippen LogP contribution is -1.97. The van der Waals surface area contributed by atoms with Crippen molar-refractivity contribution in [3.63, 3.8) is 0 Å². The molecule has 3 rings (SSSR count). The molecular formula is C18H17NO3. The summed E-state index contributed by atoms with van der Waals surface area (Å²) >= 11 is 0. The molecule has 0 spiro atoms. The number of anilines is 1. The number of hydrogen-bond acceptors (Lipinski definition) is 4. The highest BCUT2D eigenvalue weighted by atomic mass is 16.7. The summed E-state index contributed by atoms with van der Waals surface area (Å²) in [6, 6.07) is 13.3. The van der Waals surface area contributed by atoms with Crippen LogP contribution < -0.4 is 14.8 Å². The molecule has 1 aliphatic heterocycles. The van der Waals surface area contributed by atoms with E-state index in [9.17, 15) is 4.79 Å². The van der Waals surface area contributed by atoms with Gasteiger partial charge >= 0.3 is 0 Å². The van der Waals surface area contributed by atoms with Crippen molar-refractivity contribution in [2.24, 2.45) is 0 Å². The number of rotatable bonds is 5. The summed E-state index contributed by atoms with van der Waals surface area (Å²) in [5.74, 6) is 1.20. The molecule has 0 aliphatic carbocycles. The van der Waals surface area contributed by atoms with Gasteiger partial charge in [0.05, 0.1) is 0 Å². The lowest BCUT2D eigenvalue weighted by Gasteiger charge is -2.03. The Labute approximate surface area is 129 Å². The fourth-order valence-electron chi connectivity index (χ4n) is 2.24. The highest BCUT2D eigenvalue weighted by molar-refractivity contribution is 6.05.